The minimum absolute atomic E-state index is 0.478. The molecule has 1 atom stereocenters. The Morgan fingerprint density at radius 1 is 1.46 bits per heavy atom. The Morgan fingerprint density at radius 3 is 2.46 bits per heavy atom. The smallest absolute Gasteiger partial charge is 0.0196 e. The van der Waals surface area contributed by atoms with Gasteiger partial charge in [-0.2, -0.15) is 0 Å². The first kappa shape index (κ1) is 10.3. The summed E-state index contributed by atoms with van der Waals surface area (Å²) >= 11 is 0. The number of hydrogen-bond donors (Lipinski definition) is 1. The van der Waals surface area contributed by atoms with Crippen LogP contribution in [-0.4, -0.2) is 11.1 Å². The van der Waals surface area contributed by atoms with Gasteiger partial charge in [-0.05, 0) is 44.9 Å². The van der Waals surface area contributed by atoms with Gasteiger partial charge in [-0.1, -0.05) is 6.92 Å². The van der Waals surface area contributed by atoms with Crippen LogP contribution in [0.15, 0.2) is 6.07 Å². The third-order valence-corrected chi connectivity index (χ3v) is 2.81. The zero-order chi connectivity index (χ0) is 10.0. The molecule has 74 valence electrons. The average Bonchev–Trinajstić information content (AvgIpc) is 2.40. The summed E-state index contributed by atoms with van der Waals surface area (Å²) in [4.78, 5) is 0. The van der Waals surface area contributed by atoms with E-state index >= 15 is 0 Å². The quantitative estimate of drug-likeness (QED) is 0.759. The lowest BCUT2D eigenvalue weighted by atomic mass is 10.0. The SMILES string of the molecule is CCn1c(C)cc(C(C)CN)c1C. The van der Waals surface area contributed by atoms with E-state index in [1.807, 2.05) is 0 Å². The standard InChI is InChI=1S/C11H20N2/c1-5-13-9(3)6-11(10(13)4)8(2)7-12/h6,8H,5,7,12H2,1-4H3. The minimum Gasteiger partial charge on any atom is -0.349 e. The molecule has 0 amide bonds. The molecule has 0 aliphatic heterocycles. The molecule has 13 heavy (non-hydrogen) atoms. The van der Waals surface area contributed by atoms with Gasteiger partial charge in [-0.15, -0.1) is 0 Å². The van der Waals surface area contributed by atoms with Crippen LogP contribution in [0, 0.1) is 13.8 Å². The zero-order valence-corrected chi connectivity index (χ0v) is 9.09. The first-order valence-electron chi connectivity index (χ1n) is 4.98. The Morgan fingerprint density at radius 2 is 2.08 bits per heavy atom. The first-order valence-corrected chi connectivity index (χ1v) is 4.98. The molecule has 1 aromatic rings. The molecule has 2 nitrogen and oxygen atoms in total. The van der Waals surface area contributed by atoms with E-state index in [4.69, 9.17) is 5.73 Å². The maximum Gasteiger partial charge on any atom is 0.0196 e. The molecular weight excluding hydrogens is 160 g/mol. The molecule has 0 fully saturated rings. The molecule has 0 saturated carbocycles. The number of nitrogens with two attached hydrogens (primary N) is 1. The Hall–Kier alpha value is -0.760. The van der Waals surface area contributed by atoms with Crippen molar-refractivity contribution in [2.45, 2.75) is 40.2 Å². The van der Waals surface area contributed by atoms with Crippen molar-refractivity contribution in [3.63, 3.8) is 0 Å². The average molecular weight is 180 g/mol. The summed E-state index contributed by atoms with van der Waals surface area (Å²) in [6, 6.07) is 2.26. The molecule has 1 heterocycles. The van der Waals surface area contributed by atoms with Crippen molar-refractivity contribution < 1.29 is 0 Å². The van der Waals surface area contributed by atoms with Gasteiger partial charge < -0.3 is 10.3 Å². The second-order valence-electron chi connectivity index (χ2n) is 3.71. The number of aryl methyl sites for hydroxylation is 1. The fourth-order valence-electron chi connectivity index (χ4n) is 1.94. The van der Waals surface area contributed by atoms with Crippen molar-refractivity contribution in [2.75, 3.05) is 6.54 Å². The van der Waals surface area contributed by atoms with Crippen LogP contribution in [0.1, 0.15) is 36.7 Å². The number of hydrogen-bond acceptors (Lipinski definition) is 1. The molecule has 0 radical (unpaired) electrons. The highest BCUT2D eigenvalue weighted by Gasteiger charge is 2.12. The van der Waals surface area contributed by atoms with Gasteiger partial charge in [-0.3, -0.25) is 0 Å². The van der Waals surface area contributed by atoms with E-state index in [-0.39, 0.29) is 0 Å². The maximum absolute atomic E-state index is 5.66. The third-order valence-electron chi connectivity index (χ3n) is 2.81. The molecule has 2 heteroatoms. The Balaban J connectivity index is 3.10. The molecule has 1 rings (SSSR count). The van der Waals surface area contributed by atoms with Crippen molar-refractivity contribution in [1.82, 2.24) is 4.57 Å². The van der Waals surface area contributed by atoms with Crippen molar-refractivity contribution in [1.29, 1.82) is 0 Å². The van der Waals surface area contributed by atoms with Gasteiger partial charge in [-0.25, -0.2) is 0 Å². The van der Waals surface area contributed by atoms with Crippen molar-refractivity contribution in [2.24, 2.45) is 5.73 Å². The molecule has 0 saturated heterocycles. The number of aromatic nitrogens is 1. The molecule has 0 spiro atoms. The normalized spacial score (nSPS) is 13.3. The van der Waals surface area contributed by atoms with E-state index in [2.05, 4.69) is 38.3 Å². The van der Waals surface area contributed by atoms with Crippen molar-refractivity contribution in [3.05, 3.63) is 23.0 Å². The maximum atomic E-state index is 5.66. The monoisotopic (exact) mass is 180 g/mol. The molecule has 0 aliphatic carbocycles. The summed E-state index contributed by atoms with van der Waals surface area (Å²) in [6.45, 7) is 10.5. The predicted octanol–water partition coefficient (Wildman–Crippen LogP) is 2.19. The van der Waals surface area contributed by atoms with Gasteiger partial charge in [0.15, 0.2) is 0 Å². The highest BCUT2D eigenvalue weighted by molar-refractivity contribution is 5.29. The number of rotatable bonds is 3. The Labute approximate surface area is 80.7 Å². The van der Waals surface area contributed by atoms with E-state index < -0.39 is 0 Å². The highest BCUT2D eigenvalue weighted by Crippen LogP contribution is 2.22. The summed E-state index contributed by atoms with van der Waals surface area (Å²) in [7, 11) is 0. The zero-order valence-electron chi connectivity index (χ0n) is 9.09. The third kappa shape index (κ3) is 1.78. The molecule has 1 unspecified atom stereocenters. The summed E-state index contributed by atoms with van der Waals surface area (Å²) in [5.74, 6) is 0.478. The van der Waals surface area contributed by atoms with Crippen molar-refractivity contribution in [3.8, 4) is 0 Å². The van der Waals surface area contributed by atoms with Crippen LogP contribution in [0.3, 0.4) is 0 Å². The number of nitrogens with zero attached hydrogens (tertiary/aromatic N) is 1. The lowest BCUT2D eigenvalue weighted by Crippen LogP contribution is -2.10. The van der Waals surface area contributed by atoms with Gasteiger partial charge in [0.05, 0.1) is 0 Å². The molecule has 0 aliphatic rings. The van der Waals surface area contributed by atoms with Crippen LogP contribution >= 0.6 is 0 Å². The topological polar surface area (TPSA) is 30.9 Å². The molecule has 2 N–H and O–H groups in total. The summed E-state index contributed by atoms with van der Waals surface area (Å²) in [5, 5.41) is 0. The predicted molar refractivity (Wildman–Crippen MR) is 57.0 cm³/mol. The van der Waals surface area contributed by atoms with Gasteiger partial charge in [0.1, 0.15) is 0 Å². The van der Waals surface area contributed by atoms with Crippen LogP contribution in [0.25, 0.3) is 0 Å². The van der Waals surface area contributed by atoms with Gasteiger partial charge in [0, 0.05) is 17.9 Å². The molecular formula is C11H20N2. The van der Waals surface area contributed by atoms with Gasteiger partial charge in [0.2, 0.25) is 0 Å². The van der Waals surface area contributed by atoms with Gasteiger partial charge in [0.25, 0.3) is 0 Å². The van der Waals surface area contributed by atoms with Crippen molar-refractivity contribution >= 4 is 0 Å². The van der Waals surface area contributed by atoms with Crippen LogP contribution in [0.2, 0.25) is 0 Å². The van der Waals surface area contributed by atoms with E-state index in [9.17, 15) is 0 Å². The Kier molecular flexibility index (Phi) is 3.15. The Bertz CT molecular complexity index is 287. The van der Waals surface area contributed by atoms with Crippen LogP contribution in [0.5, 0.6) is 0 Å². The minimum atomic E-state index is 0.478. The second kappa shape index (κ2) is 3.97. The highest BCUT2D eigenvalue weighted by atomic mass is 15.0. The fourth-order valence-corrected chi connectivity index (χ4v) is 1.94. The molecule has 0 aromatic carbocycles. The van der Waals surface area contributed by atoms with Crippen LogP contribution in [-0.2, 0) is 6.54 Å². The van der Waals surface area contributed by atoms with E-state index in [1.165, 1.54) is 17.0 Å². The summed E-state index contributed by atoms with van der Waals surface area (Å²) in [6.07, 6.45) is 0. The van der Waals surface area contributed by atoms with E-state index in [1.54, 1.807) is 0 Å². The van der Waals surface area contributed by atoms with E-state index in [0.29, 0.717) is 5.92 Å². The van der Waals surface area contributed by atoms with E-state index in [0.717, 1.165) is 13.1 Å². The van der Waals surface area contributed by atoms with Crippen LogP contribution in [0.4, 0.5) is 0 Å². The lowest BCUT2D eigenvalue weighted by molar-refractivity contribution is 0.700. The van der Waals surface area contributed by atoms with Crippen LogP contribution < -0.4 is 5.73 Å². The second-order valence-corrected chi connectivity index (χ2v) is 3.71. The fraction of sp³-hybridized carbons (Fsp3) is 0.636. The summed E-state index contributed by atoms with van der Waals surface area (Å²) in [5.41, 5.74) is 9.78. The summed E-state index contributed by atoms with van der Waals surface area (Å²) < 4.78 is 2.33. The largest absolute Gasteiger partial charge is 0.349 e. The first-order chi connectivity index (χ1) is 6.11. The molecule has 0 bridgehead atoms. The lowest BCUT2D eigenvalue weighted by Gasteiger charge is -2.09. The molecule has 1 aromatic heterocycles. The van der Waals surface area contributed by atoms with Gasteiger partial charge >= 0.3 is 0 Å².